The van der Waals surface area contributed by atoms with Gasteiger partial charge in [-0.25, -0.2) is 8.42 Å². The molecular formula is C16H14N2O3S. The molecule has 0 unspecified atom stereocenters. The number of nitrogens with zero attached hydrogens (tertiary/aromatic N) is 2. The first kappa shape index (κ1) is 13.3. The lowest BCUT2D eigenvalue weighted by atomic mass is 10.00. The van der Waals surface area contributed by atoms with E-state index in [1.807, 2.05) is 24.3 Å². The summed E-state index contributed by atoms with van der Waals surface area (Å²) < 4.78 is 25.5. The van der Waals surface area contributed by atoms with Gasteiger partial charge in [0, 0.05) is 10.9 Å². The zero-order chi connectivity index (χ0) is 15.3. The van der Waals surface area contributed by atoms with Crippen molar-refractivity contribution in [3.05, 3.63) is 48.8 Å². The van der Waals surface area contributed by atoms with Gasteiger partial charge in [-0.3, -0.25) is 0 Å². The predicted molar refractivity (Wildman–Crippen MR) is 84.2 cm³/mol. The molecule has 4 rings (SSSR count). The van der Waals surface area contributed by atoms with Gasteiger partial charge in [0.15, 0.2) is 0 Å². The third-order valence-electron chi connectivity index (χ3n) is 3.98. The maximum absolute atomic E-state index is 12.2. The van der Waals surface area contributed by atoms with Crippen LogP contribution in [0.25, 0.3) is 21.9 Å². The predicted octanol–water partition coefficient (Wildman–Crippen LogP) is 2.75. The first-order valence-electron chi connectivity index (χ1n) is 7.07. The van der Waals surface area contributed by atoms with Crippen LogP contribution in [0, 0.1) is 0 Å². The molecule has 0 radical (unpaired) electrons. The fourth-order valence-electron chi connectivity index (χ4n) is 2.64. The van der Waals surface area contributed by atoms with E-state index in [-0.39, 0.29) is 11.0 Å². The second kappa shape index (κ2) is 4.58. The zero-order valence-corrected chi connectivity index (χ0v) is 12.5. The molecule has 0 aliphatic heterocycles. The van der Waals surface area contributed by atoms with Gasteiger partial charge in [-0.1, -0.05) is 24.3 Å². The van der Waals surface area contributed by atoms with Gasteiger partial charge in [-0.15, -0.1) is 0 Å². The molecule has 3 aromatic rings. The topological polar surface area (TPSA) is 72.2 Å². The minimum atomic E-state index is -3.36. The highest BCUT2D eigenvalue weighted by atomic mass is 32.2. The lowest BCUT2D eigenvalue weighted by molar-refractivity contribution is 0.481. The molecule has 0 bridgehead atoms. The number of fused-ring (bicyclic) bond motifs is 1. The van der Waals surface area contributed by atoms with Gasteiger partial charge >= 0.3 is 0 Å². The number of phenols is 1. The van der Waals surface area contributed by atoms with Crippen LogP contribution in [0.2, 0.25) is 0 Å². The van der Waals surface area contributed by atoms with E-state index < -0.39 is 10.0 Å². The average Bonchev–Trinajstić information content (AvgIpc) is 3.27. The monoisotopic (exact) mass is 314 g/mol. The molecule has 1 aromatic heterocycles. The van der Waals surface area contributed by atoms with Gasteiger partial charge < -0.3 is 5.11 Å². The minimum Gasteiger partial charge on any atom is -0.507 e. The Balaban J connectivity index is 1.87. The molecule has 6 heteroatoms. The Morgan fingerprint density at radius 2 is 1.82 bits per heavy atom. The van der Waals surface area contributed by atoms with Crippen molar-refractivity contribution in [1.29, 1.82) is 0 Å². The number of hydrogen-bond donors (Lipinski definition) is 1. The quantitative estimate of drug-likeness (QED) is 0.807. The molecule has 22 heavy (non-hydrogen) atoms. The molecule has 0 spiro atoms. The SMILES string of the molecule is O=S(=O)(C1CC1)n1cc(-c2ccc(O)c3ccccc23)cn1. The summed E-state index contributed by atoms with van der Waals surface area (Å²) in [6.45, 7) is 0. The van der Waals surface area contributed by atoms with Crippen LogP contribution in [0.5, 0.6) is 5.75 Å². The summed E-state index contributed by atoms with van der Waals surface area (Å²) in [5.74, 6) is 0.206. The highest BCUT2D eigenvalue weighted by molar-refractivity contribution is 7.90. The van der Waals surface area contributed by atoms with Crippen molar-refractivity contribution in [2.75, 3.05) is 0 Å². The van der Waals surface area contributed by atoms with E-state index in [2.05, 4.69) is 5.10 Å². The number of phenolic OH excluding ortho intramolecular Hbond substituents is 1. The Kier molecular flexibility index (Phi) is 2.77. The van der Waals surface area contributed by atoms with Crippen LogP contribution in [-0.2, 0) is 10.0 Å². The van der Waals surface area contributed by atoms with E-state index in [4.69, 9.17) is 0 Å². The molecule has 1 fully saturated rings. The third-order valence-corrected chi connectivity index (χ3v) is 6.01. The first-order chi connectivity index (χ1) is 10.6. The number of hydrogen-bond acceptors (Lipinski definition) is 4. The average molecular weight is 314 g/mol. The Labute approximate surface area is 127 Å². The second-order valence-electron chi connectivity index (χ2n) is 5.52. The smallest absolute Gasteiger partial charge is 0.256 e. The first-order valence-corrected chi connectivity index (χ1v) is 8.58. The molecule has 1 heterocycles. The molecule has 0 saturated heterocycles. The lowest BCUT2D eigenvalue weighted by Gasteiger charge is -2.06. The van der Waals surface area contributed by atoms with Crippen molar-refractivity contribution in [2.24, 2.45) is 0 Å². The maximum Gasteiger partial charge on any atom is 0.256 e. The maximum atomic E-state index is 12.2. The molecule has 0 amide bonds. The molecule has 112 valence electrons. The Morgan fingerprint density at radius 1 is 1.09 bits per heavy atom. The van der Waals surface area contributed by atoms with Crippen LogP contribution in [0.3, 0.4) is 0 Å². The third kappa shape index (κ3) is 1.99. The highest BCUT2D eigenvalue weighted by Gasteiger charge is 2.37. The van der Waals surface area contributed by atoms with Gasteiger partial charge in [-0.05, 0) is 35.9 Å². The molecule has 1 aliphatic carbocycles. The fraction of sp³-hybridized carbons (Fsp3) is 0.188. The highest BCUT2D eigenvalue weighted by Crippen LogP contribution is 2.35. The van der Waals surface area contributed by atoms with Gasteiger partial charge in [0.25, 0.3) is 10.0 Å². The minimum absolute atomic E-state index is 0.206. The van der Waals surface area contributed by atoms with Crippen molar-refractivity contribution < 1.29 is 13.5 Å². The molecule has 1 saturated carbocycles. The van der Waals surface area contributed by atoms with Crippen LogP contribution in [-0.4, -0.2) is 28.0 Å². The summed E-state index contributed by atoms with van der Waals surface area (Å²) in [5.41, 5.74) is 1.58. The number of aromatic hydroxyl groups is 1. The van der Waals surface area contributed by atoms with Gasteiger partial charge in [0.2, 0.25) is 0 Å². The Bertz CT molecular complexity index is 972. The van der Waals surface area contributed by atoms with Crippen molar-refractivity contribution in [3.63, 3.8) is 0 Å². The summed E-state index contributed by atoms with van der Waals surface area (Å²) in [4.78, 5) is 0. The van der Waals surface area contributed by atoms with Crippen molar-refractivity contribution in [1.82, 2.24) is 9.19 Å². The zero-order valence-electron chi connectivity index (χ0n) is 11.7. The van der Waals surface area contributed by atoms with E-state index in [0.29, 0.717) is 12.8 Å². The van der Waals surface area contributed by atoms with Crippen LogP contribution in [0.1, 0.15) is 12.8 Å². The fourth-order valence-corrected chi connectivity index (χ4v) is 4.11. The molecule has 1 N–H and O–H groups in total. The number of rotatable bonds is 3. The van der Waals surface area contributed by atoms with Crippen LogP contribution in [0.4, 0.5) is 0 Å². The van der Waals surface area contributed by atoms with Gasteiger partial charge in [0.1, 0.15) is 5.75 Å². The summed E-state index contributed by atoms with van der Waals surface area (Å²) in [5, 5.41) is 15.3. The van der Waals surface area contributed by atoms with Crippen molar-refractivity contribution in [2.45, 2.75) is 18.1 Å². The molecule has 1 aliphatic rings. The normalized spacial score (nSPS) is 15.3. The summed E-state index contributed by atoms with van der Waals surface area (Å²) in [6, 6.07) is 10.9. The van der Waals surface area contributed by atoms with Crippen molar-refractivity contribution in [3.8, 4) is 16.9 Å². The van der Waals surface area contributed by atoms with E-state index in [1.54, 1.807) is 24.5 Å². The van der Waals surface area contributed by atoms with Crippen molar-refractivity contribution >= 4 is 20.8 Å². The Morgan fingerprint density at radius 3 is 2.55 bits per heavy atom. The van der Waals surface area contributed by atoms with Crippen LogP contribution >= 0.6 is 0 Å². The molecular weight excluding hydrogens is 300 g/mol. The number of benzene rings is 2. The van der Waals surface area contributed by atoms with E-state index in [0.717, 1.165) is 26.0 Å². The van der Waals surface area contributed by atoms with Gasteiger partial charge in [0.05, 0.1) is 17.6 Å². The standard InChI is InChI=1S/C16H14N2O3S/c19-16-8-7-13(14-3-1-2-4-15(14)16)11-9-17-18(10-11)22(20,21)12-5-6-12/h1-4,7-10,12,19H,5-6H2. The largest absolute Gasteiger partial charge is 0.507 e. The molecule has 0 atom stereocenters. The van der Waals surface area contributed by atoms with E-state index in [1.165, 1.54) is 0 Å². The number of aromatic nitrogens is 2. The molecule has 2 aromatic carbocycles. The van der Waals surface area contributed by atoms with Crippen LogP contribution < -0.4 is 0 Å². The lowest BCUT2D eigenvalue weighted by Crippen LogP contribution is -2.17. The molecule has 5 nitrogen and oxygen atoms in total. The van der Waals surface area contributed by atoms with Gasteiger partial charge in [-0.2, -0.15) is 9.19 Å². The Hall–Kier alpha value is -2.34. The van der Waals surface area contributed by atoms with E-state index >= 15 is 0 Å². The van der Waals surface area contributed by atoms with Crippen LogP contribution in [0.15, 0.2) is 48.8 Å². The summed E-state index contributed by atoms with van der Waals surface area (Å²) in [7, 11) is -3.36. The summed E-state index contributed by atoms with van der Waals surface area (Å²) >= 11 is 0. The summed E-state index contributed by atoms with van der Waals surface area (Å²) in [6.07, 6.45) is 4.52. The second-order valence-corrected chi connectivity index (χ2v) is 7.59. The van der Waals surface area contributed by atoms with E-state index in [9.17, 15) is 13.5 Å².